The van der Waals surface area contributed by atoms with Gasteiger partial charge in [0.1, 0.15) is 0 Å². The van der Waals surface area contributed by atoms with E-state index in [9.17, 15) is 5.11 Å². The van der Waals surface area contributed by atoms with E-state index in [-0.39, 0.29) is 6.10 Å². The van der Waals surface area contributed by atoms with Gasteiger partial charge in [0.05, 0.1) is 12.2 Å². The van der Waals surface area contributed by atoms with Gasteiger partial charge >= 0.3 is 0 Å². The van der Waals surface area contributed by atoms with Crippen molar-refractivity contribution in [3.8, 4) is 0 Å². The molecule has 1 heterocycles. The van der Waals surface area contributed by atoms with Crippen LogP contribution >= 0.6 is 11.8 Å². The van der Waals surface area contributed by atoms with Crippen LogP contribution in [0.25, 0.3) is 0 Å². The first-order chi connectivity index (χ1) is 8.31. The molecule has 0 amide bonds. The fraction of sp³-hybridized carbons (Fsp3) is 0.571. The third-order valence-electron chi connectivity index (χ3n) is 3.28. The number of hydrogen-bond donors (Lipinski definition) is 1. The van der Waals surface area contributed by atoms with Crippen LogP contribution in [0.2, 0.25) is 0 Å². The van der Waals surface area contributed by atoms with E-state index in [1.165, 1.54) is 11.3 Å². The van der Waals surface area contributed by atoms with E-state index in [0.717, 1.165) is 31.4 Å². The summed E-state index contributed by atoms with van der Waals surface area (Å²) in [5.41, 5.74) is 1.05. The maximum absolute atomic E-state index is 10.2. The first-order valence-corrected chi connectivity index (χ1v) is 7.46. The van der Waals surface area contributed by atoms with Gasteiger partial charge in [0, 0.05) is 11.5 Å². The van der Waals surface area contributed by atoms with E-state index >= 15 is 0 Å². The van der Waals surface area contributed by atoms with E-state index in [1.54, 1.807) is 11.8 Å². The van der Waals surface area contributed by atoms with Crippen LogP contribution in [0.5, 0.6) is 0 Å². The summed E-state index contributed by atoms with van der Waals surface area (Å²) < 4.78 is 5.58. The van der Waals surface area contributed by atoms with Gasteiger partial charge in [-0.3, -0.25) is 0 Å². The maximum atomic E-state index is 10.2. The molecule has 2 rings (SSSR count). The summed E-state index contributed by atoms with van der Waals surface area (Å²) >= 11 is 1.69. The molecule has 1 aromatic carbocycles. The van der Waals surface area contributed by atoms with Gasteiger partial charge in [-0.05, 0) is 43.6 Å². The number of benzene rings is 1. The van der Waals surface area contributed by atoms with E-state index in [1.807, 2.05) is 24.5 Å². The van der Waals surface area contributed by atoms with E-state index in [2.05, 4.69) is 6.07 Å². The van der Waals surface area contributed by atoms with Crippen LogP contribution in [0.1, 0.15) is 37.4 Å². The third-order valence-corrected chi connectivity index (χ3v) is 4.10. The largest absolute Gasteiger partial charge is 0.388 e. The molecule has 1 aromatic rings. The Balaban J connectivity index is 1.91. The highest BCUT2D eigenvalue weighted by atomic mass is 32.2. The van der Waals surface area contributed by atoms with Gasteiger partial charge in [0.2, 0.25) is 0 Å². The summed E-state index contributed by atoms with van der Waals surface area (Å²) in [5, 5.41) is 10.2. The molecular formula is C14H20O2S. The smallest absolute Gasteiger partial charge is 0.0801 e. The molecule has 0 radical (unpaired) electrons. The SMILES string of the molecule is CSc1ccccc1C(O)CCC1CCCO1. The molecule has 1 aliphatic rings. The predicted octanol–water partition coefficient (Wildman–Crippen LogP) is 3.40. The lowest BCUT2D eigenvalue weighted by Crippen LogP contribution is -2.08. The quantitative estimate of drug-likeness (QED) is 0.814. The zero-order valence-corrected chi connectivity index (χ0v) is 11.1. The Bertz CT molecular complexity index is 348. The van der Waals surface area contributed by atoms with E-state index in [4.69, 9.17) is 4.74 Å². The minimum Gasteiger partial charge on any atom is -0.388 e. The molecule has 1 aliphatic heterocycles. The number of ether oxygens (including phenoxy) is 1. The minimum atomic E-state index is -0.358. The Labute approximate surface area is 107 Å². The van der Waals surface area contributed by atoms with Crippen LogP contribution < -0.4 is 0 Å². The monoisotopic (exact) mass is 252 g/mol. The molecule has 2 atom stereocenters. The summed E-state index contributed by atoms with van der Waals surface area (Å²) in [6.07, 6.45) is 6.13. The van der Waals surface area contributed by atoms with Crippen molar-refractivity contribution in [3.63, 3.8) is 0 Å². The zero-order chi connectivity index (χ0) is 12.1. The van der Waals surface area contributed by atoms with Gasteiger partial charge in [0.15, 0.2) is 0 Å². The second-order valence-corrected chi connectivity index (χ2v) is 5.32. The van der Waals surface area contributed by atoms with Gasteiger partial charge in [-0.15, -0.1) is 11.8 Å². The predicted molar refractivity (Wildman–Crippen MR) is 71.4 cm³/mol. The normalized spacial score (nSPS) is 21.6. The first-order valence-electron chi connectivity index (χ1n) is 6.24. The molecule has 2 nitrogen and oxygen atoms in total. The van der Waals surface area contributed by atoms with Crippen molar-refractivity contribution in [3.05, 3.63) is 29.8 Å². The number of hydrogen-bond acceptors (Lipinski definition) is 3. The molecule has 0 spiro atoms. The summed E-state index contributed by atoms with van der Waals surface area (Å²) in [5.74, 6) is 0. The Hall–Kier alpha value is -0.510. The molecule has 3 heteroatoms. The van der Waals surface area contributed by atoms with E-state index < -0.39 is 0 Å². The minimum absolute atomic E-state index is 0.358. The average Bonchev–Trinajstić information content (AvgIpc) is 2.89. The summed E-state index contributed by atoms with van der Waals surface area (Å²) in [4.78, 5) is 1.17. The lowest BCUT2D eigenvalue weighted by Gasteiger charge is -2.16. The van der Waals surface area contributed by atoms with Gasteiger partial charge in [-0.2, -0.15) is 0 Å². The Morgan fingerprint density at radius 2 is 2.29 bits per heavy atom. The van der Waals surface area contributed by atoms with Gasteiger partial charge < -0.3 is 9.84 Å². The molecule has 0 saturated carbocycles. The highest BCUT2D eigenvalue weighted by molar-refractivity contribution is 7.98. The number of rotatable bonds is 5. The summed E-state index contributed by atoms with van der Waals surface area (Å²) in [6.45, 7) is 0.891. The van der Waals surface area contributed by atoms with E-state index in [0.29, 0.717) is 6.10 Å². The highest BCUT2D eigenvalue weighted by Crippen LogP contribution is 2.29. The van der Waals surface area contributed by atoms with Crippen LogP contribution in [0, 0.1) is 0 Å². The van der Waals surface area contributed by atoms with Crippen molar-refractivity contribution in [2.75, 3.05) is 12.9 Å². The first kappa shape index (κ1) is 12.9. The second-order valence-electron chi connectivity index (χ2n) is 4.47. The summed E-state index contributed by atoms with van der Waals surface area (Å²) in [6, 6.07) is 8.09. The van der Waals surface area contributed by atoms with Crippen LogP contribution in [0.15, 0.2) is 29.2 Å². The average molecular weight is 252 g/mol. The molecule has 1 N–H and O–H groups in total. The Kier molecular flexibility index (Phi) is 4.89. The van der Waals surface area contributed by atoms with Crippen molar-refractivity contribution in [2.24, 2.45) is 0 Å². The molecular weight excluding hydrogens is 232 g/mol. The van der Waals surface area contributed by atoms with Crippen molar-refractivity contribution < 1.29 is 9.84 Å². The fourth-order valence-electron chi connectivity index (χ4n) is 2.31. The molecule has 0 bridgehead atoms. The number of aliphatic hydroxyl groups excluding tert-OH is 1. The highest BCUT2D eigenvalue weighted by Gasteiger charge is 2.18. The van der Waals surface area contributed by atoms with Gasteiger partial charge in [-0.1, -0.05) is 18.2 Å². The van der Waals surface area contributed by atoms with Crippen molar-refractivity contribution in [1.29, 1.82) is 0 Å². The number of aliphatic hydroxyl groups is 1. The van der Waals surface area contributed by atoms with Crippen molar-refractivity contribution >= 4 is 11.8 Å². The second kappa shape index (κ2) is 6.43. The lowest BCUT2D eigenvalue weighted by atomic mass is 10.0. The van der Waals surface area contributed by atoms with Crippen LogP contribution in [0.3, 0.4) is 0 Å². The molecule has 17 heavy (non-hydrogen) atoms. The molecule has 1 saturated heterocycles. The van der Waals surface area contributed by atoms with Crippen LogP contribution in [-0.4, -0.2) is 24.1 Å². The zero-order valence-electron chi connectivity index (χ0n) is 10.3. The lowest BCUT2D eigenvalue weighted by molar-refractivity contribution is 0.0806. The fourth-order valence-corrected chi connectivity index (χ4v) is 2.97. The topological polar surface area (TPSA) is 29.5 Å². The van der Waals surface area contributed by atoms with Crippen LogP contribution in [0.4, 0.5) is 0 Å². The van der Waals surface area contributed by atoms with Gasteiger partial charge in [0.25, 0.3) is 0 Å². The van der Waals surface area contributed by atoms with Crippen molar-refractivity contribution in [2.45, 2.75) is 42.8 Å². The molecule has 2 unspecified atom stereocenters. The molecule has 94 valence electrons. The maximum Gasteiger partial charge on any atom is 0.0801 e. The van der Waals surface area contributed by atoms with Crippen LogP contribution in [-0.2, 0) is 4.74 Å². The van der Waals surface area contributed by atoms with Gasteiger partial charge in [-0.25, -0.2) is 0 Å². The number of thioether (sulfide) groups is 1. The Morgan fingerprint density at radius 1 is 1.47 bits per heavy atom. The Morgan fingerprint density at radius 3 is 3.00 bits per heavy atom. The third kappa shape index (κ3) is 3.47. The standard InChI is InChI=1S/C14H20O2S/c1-17-14-7-3-2-6-12(14)13(15)9-8-11-5-4-10-16-11/h2-3,6-7,11,13,15H,4-5,8-10H2,1H3. The molecule has 1 fully saturated rings. The molecule has 0 aromatic heterocycles. The summed E-state index contributed by atoms with van der Waals surface area (Å²) in [7, 11) is 0. The molecule has 0 aliphatic carbocycles. The van der Waals surface area contributed by atoms with Crippen molar-refractivity contribution in [1.82, 2.24) is 0 Å².